The second-order valence-corrected chi connectivity index (χ2v) is 8.28. The number of nitrogens with zero attached hydrogens (tertiary/aromatic N) is 2. The Morgan fingerprint density at radius 1 is 1.29 bits per heavy atom. The van der Waals surface area contributed by atoms with Crippen LogP contribution in [0.3, 0.4) is 0 Å². The SMILES string of the molecule is Cc1ccc(S(=O)(=O)/C(=C\N(C)C)c2cnc(Cl)s2)cc1. The van der Waals surface area contributed by atoms with Gasteiger partial charge in [-0.05, 0) is 19.1 Å². The third-order valence-electron chi connectivity index (χ3n) is 2.72. The van der Waals surface area contributed by atoms with Gasteiger partial charge in [-0.2, -0.15) is 0 Å². The van der Waals surface area contributed by atoms with Crippen molar-refractivity contribution in [1.29, 1.82) is 0 Å². The fourth-order valence-corrected chi connectivity index (χ4v) is 4.42. The topological polar surface area (TPSA) is 50.3 Å². The normalized spacial score (nSPS) is 12.5. The second kappa shape index (κ2) is 6.17. The number of hydrogen-bond acceptors (Lipinski definition) is 5. The fraction of sp³-hybridized carbons (Fsp3) is 0.214. The van der Waals surface area contributed by atoms with Gasteiger partial charge in [-0.1, -0.05) is 29.3 Å². The molecule has 1 aromatic heterocycles. The van der Waals surface area contributed by atoms with Crippen LogP contribution < -0.4 is 0 Å². The quantitative estimate of drug-likeness (QED) is 0.854. The molecule has 0 saturated heterocycles. The Kier molecular flexibility index (Phi) is 4.70. The predicted molar refractivity (Wildman–Crippen MR) is 87.2 cm³/mol. The van der Waals surface area contributed by atoms with Gasteiger partial charge in [0.15, 0.2) is 4.47 Å². The lowest BCUT2D eigenvalue weighted by atomic mass is 10.2. The van der Waals surface area contributed by atoms with E-state index in [9.17, 15) is 8.42 Å². The summed E-state index contributed by atoms with van der Waals surface area (Å²) in [6.07, 6.45) is 3.05. The van der Waals surface area contributed by atoms with Gasteiger partial charge < -0.3 is 4.90 Å². The highest BCUT2D eigenvalue weighted by Gasteiger charge is 2.24. The maximum Gasteiger partial charge on any atom is 0.209 e. The highest BCUT2D eigenvalue weighted by molar-refractivity contribution is 8.00. The van der Waals surface area contributed by atoms with E-state index in [2.05, 4.69) is 4.98 Å². The summed E-state index contributed by atoms with van der Waals surface area (Å²) in [5.74, 6) is 0. The van der Waals surface area contributed by atoms with E-state index in [1.54, 1.807) is 49.5 Å². The Hall–Kier alpha value is -1.37. The number of rotatable bonds is 4. The van der Waals surface area contributed by atoms with Gasteiger partial charge in [-0.15, -0.1) is 11.3 Å². The van der Waals surface area contributed by atoms with Gasteiger partial charge in [0, 0.05) is 26.5 Å². The highest BCUT2D eigenvalue weighted by Crippen LogP contribution is 2.33. The van der Waals surface area contributed by atoms with Crippen molar-refractivity contribution in [2.45, 2.75) is 11.8 Å². The predicted octanol–water partition coefficient (Wildman–Crippen LogP) is 3.44. The minimum Gasteiger partial charge on any atom is -0.382 e. The lowest BCUT2D eigenvalue weighted by Crippen LogP contribution is -2.09. The van der Waals surface area contributed by atoms with Crippen LogP contribution in [0.4, 0.5) is 0 Å². The van der Waals surface area contributed by atoms with E-state index < -0.39 is 9.84 Å². The molecule has 0 fully saturated rings. The van der Waals surface area contributed by atoms with Gasteiger partial charge in [0.25, 0.3) is 0 Å². The first-order chi connectivity index (χ1) is 9.80. The van der Waals surface area contributed by atoms with Crippen LogP contribution in [-0.4, -0.2) is 32.4 Å². The van der Waals surface area contributed by atoms with Crippen molar-refractivity contribution in [2.24, 2.45) is 0 Å². The molecular weight excluding hydrogens is 328 g/mol. The molecule has 0 aliphatic rings. The fourth-order valence-electron chi connectivity index (χ4n) is 1.71. The van der Waals surface area contributed by atoms with Crippen LogP contribution in [0.5, 0.6) is 0 Å². The van der Waals surface area contributed by atoms with E-state index in [4.69, 9.17) is 11.6 Å². The minimum atomic E-state index is -3.62. The first-order valence-corrected chi connectivity index (χ1v) is 8.80. The summed E-state index contributed by atoms with van der Waals surface area (Å²) >= 11 is 6.97. The molecule has 2 aromatic rings. The van der Waals surface area contributed by atoms with Crippen LogP contribution in [0, 0.1) is 6.92 Å². The number of aryl methyl sites for hydroxylation is 1. The Balaban J connectivity index is 2.58. The summed E-state index contributed by atoms with van der Waals surface area (Å²) < 4.78 is 26.0. The van der Waals surface area contributed by atoms with E-state index in [0.29, 0.717) is 9.34 Å². The summed E-state index contributed by atoms with van der Waals surface area (Å²) in [4.78, 5) is 6.59. The van der Waals surface area contributed by atoms with E-state index >= 15 is 0 Å². The number of hydrogen-bond donors (Lipinski definition) is 0. The largest absolute Gasteiger partial charge is 0.382 e. The molecule has 0 amide bonds. The van der Waals surface area contributed by atoms with Crippen molar-refractivity contribution in [3.63, 3.8) is 0 Å². The molecule has 2 rings (SSSR count). The van der Waals surface area contributed by atoms with E-state index in [1.165, 1.54) is 6.20 Å². The van der Waals surface area contributed by atoms with E-state index in [-0.39, 0.29) is 9.80 Å². The van der Waals surface area contributed by atoms with Crippen LogP contribution >= 0.6 is 22.9 Å². The molecular formula is C14H15ClN2O2S2. The van der Waals surface area contributed by atoms with Gasteiger partial charge >= 0.3 is 0 Å². The molecule has 7 heteroatoms. The van der Waals surface area contributed by atoms with Gasteiger partial charge in [-0.25, -0.2) is 13.4 Å². The molecule has 0 unspecified atom stereocenters. The zero-order valence-corrected chi connectivity index (χ0v) is 14.3. The molecule has 1 heterocycles. The number of benzene rings is 1. The van der Waals surface area contributed by atoms with Crippen molar-refractivity contribution >= 4 is 37.7 Å². The summed E-state index contributed by atoms with van der Waals surface area (Å²) in [5, 5.41) is 0. The standard InChI is InChI=1S/C14H15ClN2O2S2/c1-10-4-6-11(7-5-10)21(18,19)13(9-17(2)3)12-8-16-14(15)20-12/h4-9H,1-3H3/b13-9-. The highest BCUT2D eigenvalue weighted by atomic mass is 35.5. The Morgan fingerprint density at radius 3 is 2.38 bits per heavy atom. The first-order valence-electron chi connectivity index (χ1n) is 6.12. The number of sulfone groups is 1. The monoisotopic (exact) mass is 342 g/mol. The maximum atomic E-state index is 12.8. The van der Waals surface area contributed by atoms with E-state index in [1.807, 2.05) is 6.92 Å². The Morgan fingerprint density at radius 2 is 1.90 bits per heavy atom. The van der Waals surface area contributed by atoms with Crippen molar-refractivity contribution in [3.8, 4) is 0 Å². The van der Waals surface area contributed by atoms with Gasteiger partial charge in [0.1, 0.15) is 4.91 Å². The molecule has 0 N–H and O–H groups in total. The van der Waals surface area contributed by atoms with Crippen molar-refractivity contribution in [1.82, 2.24) is 9.88 Å². The van der Waals surface area contributed by atoms with Crippen molar-refractivity contribution in [2.75, 3.05) is 14.1 Å². The molecule has 0 radical (unpaired) electrons. The van der Waals surface area contributed by atoms with Crippen molar-refractivity contribution < 1.29 is 8.42 Å². The zero-order chi connectivity index (χ0) is 15.6. The molecule has 0 atom stereocenters. The first kappa shape index (κ1) is 16.0. The zero-order valence-electron chi connectivity index (χ0n) is 11.9. The maximum absolute atomic E-state index is 12.8. The lowest BCUT2D eigenvalue weighted by Gasteiger charge is -2.12. The summed E-state index contributed by atoms with van der Waals surface area (Å²) in [5.41, 5.74) is 1.01. The molecule has 112 valence electrons. The number of thiazole rings is 1. The lowest BCUT2D eigenvalue weighted by molar-refractivity contribution is 0.564. The molecule has 1 aromatic carbocycles. The average Bonchev–Trinajstić information content (AvgIpc) is 2.82. The Bertz CT molecular complexity index is 763. The van der Waals surface area contributed by atoms with Crippen LogP contribution in [-0.2, 0) is 9.84 Å². The Labute approximate surface area is 133 Å². The van der Waals surface area contributed by atoms with Crippen LogP contribution in [0.1, 0.15) is 10.4 Å². The third-order valence-corrected chi connectivity index (χ3v) is 5.79. The number of aromatic nitrogens is 1. The second-order valence-electron chi connectivity index (χ2n) is 4.75. The molecule has 0 spiro atoms. The molecule has 0 bridgehead atoms. The summed E-state index contributed by atoms with van der Waals surface area (Å²) in [6.45, 7) is 1.91. The summed E-state index contributed by atoms with van der Waals surface area (Å²) in [6, 6.07) is 6.77. The minimum absolute atomic E-state index is 0.195. The molecule has 0 saturated carbocycles. The summed E-state index contributed by atoms with van der Waals surface area (Å²) in [7, 11) is -0.0791. The van der Waals surface area contributed by atoms with Crippen LogP contribution in [0.15, 0.2) is 41.6 Å². The van der Waals surface area contributed by atoms with E-state index in [0.717, 1.165) is 16.9 Å². The smallest absolute Gasteiger partial charge is 0.209 e. The van der Waals surface area contributed by atoms with Gasteiger partial charge in [0.2, 0.25) is 9.84 Å². The molecule has 21 heavy (non-hydrogen) atoms. The molecule has 0 aliphatic heterocycles. The average molecular weight is 343 g/mol. The number of halogens is 1. The van der Waals surface area contributed by atoms with Gasteiger partial charge in [0.05, 0.1) is 9.77 Å². The third kappa shape index (κ3) is 3.64. The van der Waals surface area contributed by atoms with Crippen LogP contribution in [0.2, 0.25) is 4.47 Å². The molecule has 0 aliphatic carbocycles. The van der Waals surface area contributed by atoms with Gasteiger partial charge in [-0.3, -0.25) is 0 Å². The van der Waals surface area contributed by atoms with Crippen LogP contribution in [0.25, 0.3) is 4.91 Å². The van der Waals surface area contributed by atoms with Crippen molar-refractivity contribution in [3.05, 3.63) is 51.6 Å². The molecule has 4 nitrogen and oxygen atoms in total.